The topological polar surface area (TPSA) is 83.3 Å². The molecular formula is C17H19ClF3N3O4. The van der Waals surface area contributed by atoms with Crippen molar-refractivity contribution in [2.75, 3.05) is 13.7 Å². The van der Waals surface area contributed by atoms with Crippen LogP contribution in [0.15, 0.2) is 18.5 Å². The van der Waals surface area contributed by atoms with Gasteiger partial charge in [0.1, 0.15) is 12.4 Å². The molecule has 0 amide bonds. The highest BCUT2D eigenvalue weighted by atomic mass is 35.5. The summed E-state index contributed by atoms with van der Waals surface area (Å²) in [5, 5.41) is 4.57. The van der Waals surface area contributed by atoms with Gasteiger partial charge in [0.15, 0.2) is 0 Å². The minimum Gasteiger partial charge on any atom is -0.496 e. The van der Waals surface area contributed by atoms with Crippen LogP contribution in [-0.2, 0) is 16.1 Å². The zero-order valence-electron chi connectivity index (χ0n) is 15.6. The van der Waals surface area contributed by atoms with Gasteiger partial charge in [0.05, 0.1) is 35.0 Å². The van der Waals surface area contributed by atoms with E-state index in [2.05, 4.69) is 10.1 Å². The minimum absolute atomic E-state index is 0.0385. The first-order valence-electron chi connectivity index (χ1n) is 7.96. The number of hydrogen-bond acceptors (Lipinski definition) is 6. The fourth-order valence-corrected chi connectivity index (χ4v) is 2.29. The van der Waals surface area contributed by atoms with Gasteiger partial charge in [-0.1, -0.05) is 11.6 Å². The van der Waals surface area contributed by atoms with E-state index in [1.165, 1.54) is 25.6 Å². The van der Waals surface area contributed by atoms with Crippen LogP contribution in [0.25, 0.3) is 11.3 Å². The predicted molar refractivity (Wildman–Crippen MR) is 93.0 cm³/mol. The molecule has 0 fully saturated rings. The quantitative estimate of drug-likeness (QED) is 0.700. The fraction of sp³-hybridized carbons (Fsp3) is 0.471. The average molecular weight is 422 g/mol. The van der Waals surface area contributed by atoms with E-state index in [1.54, 1.807) is 4.68 Å². The van der Waals surface area contributed by atoms with Crippen molar-refractivity contribution in [3.8, 4) is 22.9 Å². The standard InChI is InChI=1S/C16H19ClF3N3O2.CO2/c1-5-23-14(11(17)8-22-23)10-7-21-13(6-12(10)24-4)25-9-15(2,3)16(18,19)20;2-1-3/h6-8H,5,9H2,1-4H3;. The van der Waals surface area contributed by atoms with E-state index in [-0.39, 0.29) is 12.0 Å². The molecule has 0 bridgehead atoms. The Bertz CT molecular complexity index is 832. The molecule has 28 heavy (non-hydrogen) atoms. The molecule has 0 atom stereocenters. The Morgan fingerprint density at radius 1 is 1.25 bits per heavy atom. The zero-order valence-corrected chi connectivity index (χ0v) is 16.4. The highest BCUT2D eigenvalue weighted by Gasteiger charge is 2.48. The van der Waals surface area contributed by atoms with Crippen LogP contribution in [0.4, 0.5) is 13.2 Å². The van der Waals surface area contributed by atoms with Crippen LogP contribution in [-0.4, -0.2) is 40.8 Å². The molecule has 2 heterocycles. The first-order valence-corrected chi connectivity index (χ1v) is 8.34. The van der Waals surface area contributed by atoms with E-state index in [0.29, 0.717) is 28.6 Å². The fourth-order valence-electron chi connectivity index (χ4n) is 2.05. The summed E-state index contributed by atoms with van der Waals surface area (Å²) in [4.78, 5) is 20.3. The van der Waals surface area contributed by atoms with Crippen LogP contribution in [0.1, 0.15) is 20.8 Å². The number of aromatic nitrogens is 3. The molecule has 0 aliphatic heterocycles. The predicted octanol–water partition coefficient (Wildman–Crippen LogP) is 4.01. The molecule has 0 spiro atoms. The molecular weight excluding hydrogens is 403 g/mol. The Kier molecular flexibility index (Phi) is 8.01. The van der Waals surface area contributed by atoms with Crippen LogP contribution >= 0.6 is 11.6 Å². The molecule has 2 aromatic rings. The van der Waals surface area contributed by atoms with Gasteiger partial charge >= 0.3 is 12.3 Å². The third-order valence-electron chi connectivity index (χ3n) is 3.76. The molecule has 0 aliphatic rings. The first-order chi connectivity index (χ1) is 13.0. The highest BCUT2D eigenvalue weighted by Crippen LogP contribution is 2.39. The van der Waals surface area contributed by atoms with E-state index >= 15 is 0 Å². The highest BCUT2D eigenvalue weighted by molar-refractivity contribution is 6.33. The second-order valence-electron chi connectivity index (χ2n) is 6.13. The summed E-state index contributed by atoms with van der Waals surface area (Å²) in [5.74, 6) is 0.420. The van der Waals surface area contributed by atoms with Gasteiger partial charge in [0, 0.05) is 18.8 Å². The smallest absolute Gasteiger partial charge is 0.397 e. The Labute approximate surface area is 164 Å². The van der Waals surface area contributed by atoms with Gasteiger partial charge in [0.2, 0.25) is 5.88 Å². The lowest BCUT2D eigenvalue weighted by Crippen LogP contribution is -2.37. The third-order valence-corrected chi connectivity index (χ3v) is 4.04. The number of carbonyl (C=O) groups excluding carboxylic acids is 2. The molecule has 11 heteroatoms. The number of hydrogen-bond donors (Lipinski definition) is 0. The summed E-state index contributed by atoms with van der Waals surface area (Å²) in [7, 11) is 1.45. The second kappa shape index (κ2) is 9.57. The molecule has 0 N–H and O–H groups in total. The van der Waals surface area contributed by atoms with Gasteiger partial charge in [0.25, 0.3) is 0 Å². The maximum atomic E-state index is 12.9. The van der Waals surface area contributed by atoms with E-state index in [1.807, 2.05) is 6.92 Å². The number of alkyl halides is 3. The van der Waals surface area contributed by atoms with Crippen molar-refractivity contribution in [1.82, 2.24) is 14.8 Å². The summed E-state index contributed by atoms with van der Waals surface area (Å²) in [5.41, 5.74) is -0.796. The number of rotatable bonds is 6. The van der Waals surface area contributed by atoms with Gasteiger partial charge < -0.3 is 9.47 Å². The molecule has 0 radical (unpaired) electrons. The van der Waals surface area contributed by atoms with Crippen molar-refractivity contribution in [1.29, 1.82) is 0 Å². The van der Waals surface area contributed by atoms with Crippen molar-refractivity contribution in [3.05, 3.63) is 23.5 Å². The Balaban J connectivity index is 0.00000122. The van der Waals surface area contributed by atoms with Gasteiger partial charge in [-0.05, 0) is 20.8 Å². The van der Waals surface area contributed by atoms with Gasteiger partial charge in [-0.2, -0.15) is 27.9 Å². The molecule has 0 saturated carbocycles. The number of nitrogens with zero attached hydrogens (tertiary/aromatic N) is 3. The number of aryl methyl sites for hydroxylation is 1. The van der Waals surface area contributed by atoms with Gasteiger partial charge in [-0.15, -0.1) is 0 Å². The van der Waals surface area contributed by atoms with Crippen molar-refractivity contribution < 1.29 is 32.2 Å². The summed E-state index contributed by atoms with van der Waals surface area (Å²) in [6.45, 7) is 4.07. The second-order valence-corrected chi connectivity index (χ2v) is 6.54. The summed E-state index contributed by atoms with van der Waals surface area (Å²) in [6.07, 6.45) is -1.17. The van der Waals surface area contributed by atoms with Crippen molar-refractivity contribution in [3.63, 3.8) is 0 Å². The Morgan fingerprint density at radius 3 is 2.36 bits per heavy atom. The Hall–Kier alpha value is -2.58. The monoisotopic (exact) mass is 421 g/mol. The molecule has 2 aromatic heterocycles. The molecule has 154 valence electrons. The van der Waals surface area contributed by atoms with Crippen LogP contribution in [0, 0.1) is 5.41 Å². The van der Waals surface area contributed by atoms with E-state index in [4.69, 9.17) is 30.7 Å². The van der Waals surface area contributed by atoms with Crippen LogP contribution in [0.3, 0.4) is 0 Å². The first kappa shape index (κ1) is 23.5. The number of halogens is 4. The number of ether oxygens (including phenoxy) is 2. The van der Waals surface area contributed by atoms with Crippen molar-refractivity contribution >= 4 is 17.8 Å². The molecule has 7 nitrogen and oxygen atoms in total. The largest absolute Gasteiger partial charge is 0.496 e. The minimum atomic E-state index is -4.38. The number of pyridine rings is 1. The van der Waals surface area contributed by atoms with Gasteiger partial charge in [-0.25, -0.2) is 4.98 Å². The van der Waals surface area contributed by atoms with Crippen LogP contribution < -0.4 is 9.47 Å². The average Bonchev–Trinajstić information content (AvgIpc) is 3.00. The molecule has 0 aliphatic carbocycles. The normalized spacial score (nSPS) is 11.3. The maximum Gasteiger partial charge on any atom is 0.397 e. The maximum absolute atomic E-state index is 12.9. The zero-order chi connectivity index (χ0) is 21.5. The number of methoxy groups -OCH3 is 1. The molecule has 0 aromatic carbocycles. The van der Waals surface area contributed by atoms with Crippen LogP contribution in [0.5, 0.6) is 11.6 Å². The SMILES string of the molecule is CCn1ncc(Cl)c1-c1cnc(OCC(C)(C)C(F)(F)F)cc1OC.O=C=O. The van der Waals surface area contributed by atoms with E-state index in [9.17, 15) is 13.2 Å². The molecule has 0 unspecified atom stereocenters. The lowest BCUT2D eigenvalue weighted by Gasteiger charge is -2.27. The van der Waals surface area contributed by atoms with Crippen molar-refractivity contribution in [2.45, 2.75) is 33.5 Å². The van der Waals surface area contributed by atoms with Gasteiger partial charge in [-0.3, -0.25) is 4.68 Å². The third kappa shape index (κ3) is 5.46. The summed E-state index contributed by atoms with van der Waals surface area (Å²) >= 11 is 6.18. The van der Waals surface area contributed by atoms with Crippen LogP contribution in [0.2, 0.25) is 5.02 Å². The summed E-state index contributed by atoms with van der Waals surface area (Å²) in [6, 6.07) is 1.44. The van der Waals surface area contributed by atoms with E-state index in [0.717, 1.165) is 13.8 Å². The molecule has 0 saturated heterocycles. The lowest BCUT2D eigenvalue weighted by molar-refractivity contribution is -0.219. The lowest BCUT2D eigenvalue weighted by atomic mass is 9.94. The van der Waals surface area contributed by atoms with E-state index < -0.39 is 18.2 Å². The van der Waals surface area contributed by atoms with Crippen molar-refractivity contribution in [2.24, 2.45) is 5.41 Å². The summed E-state index contributed by atoms with van der Waals surface area (Å²) < 4.78 is 51.0. The molecule has 2 rings (SSSR count). The Morgan fingerprint density at radius 2 is 1.86 bits per heavy atom.